The molecule has 0 saturated heterocycles. The number of alkyl halides is 3. The SMILES string of the molecule is CCCCCCCc1ccc2c(F)c(-c3ccc(-c4ccc(OC(F)(F)F)cc4)cc3)ccc2c1. The summed E-state index contributed by atoms with van der Waals surface area (Å²) in [7, 11) is 0. The molecule has 0 aliphatic rings. The summed E-state index contributed by atoms with van der Waals surface area (Å²) in [5, 5.41) is 1.50. The topological polar surface area (TPSA) is 9.23 Å². The first-order valence-corrected chi connectivity index (χ1v) is 12.0. The van der Waals surface area contributed by atoms with Crippen molar-refractivity contribution < 1.29 is 22.3 Å². The molecule has 0 saturated carbocycles. The van der Waals surface area contributed by atoms with Gasteiger partial charge in [0.15, 0.2) is 0 Å². The minimum absolute atomic E-state index is 0.251. The van der Waals surface area contributed by atoms with E-state index in [9.17, 15) is 13.2 Å². The van der Waals surface area contributed by atoms with Crippen LogP contribution < -0.4 is 4.74 Å². The van der Waals surface area contributed by atoms with Gasteiger partial charge in [0.1, 0.15) is 11.6 Å². The standard InChI is InChI=1S/C30H28F4O/c1-2-3-4-5-6-7-21-8-18-28-25(20-21)15-19-27(29(28)31)24-11-9-22(10-12-24)23-13-16-26(17-14-23)35-30(32,33)34/h8-20H,2-7H2,1H3. The molecule has 0 aromatic heterocycles. The smallest absolute Gasteiger partial charge is 0.406 e. The van der Waals surface area contributed by atoms with Crippen LogP contribution in [-0.4, -0.2) is 6.36 Å². The molecule has 0 unspecified atom stereocenters. The fourth-order valence-electron chi connectivity index (χ4n) is 4.34. The molecule has 0 heterocycles. The van der Waals surface area contributed by atoms with E-state index in [-0.39, 0.29) is 11.6 Å². The maximum Gasteiger partial charge on any atom is 0.573 e. The number of benzene rings is 4. The highest BCUT2D eigenvalue weighted by atomic mass is 19.4. The van der Waals surface area contributed by atoms with Crippen molar-refractivity contribution >= 4 is 10.8 Å². The molecule has 0 N–H and O–H groups in total. The van der Waals surface area contributed by atoms with E-state index in [1.54, 1.807) is 18.2 Å². The van der Waals surface area contributed by atoms with Gasteiger partial charge in [0, 0.05) is 10.9 Å². The fourth-order valence-corrected chi connectivity index (χ4v) is 4.34. The quantitative estimate of drug-likeness (QED) is 0.171. The first-order chi connectivity index (χ1) is 16.8. The molecule has 35 heavy (non-hydrogen) atoms. The molecule has 0 aliphatic heterocycles. The summed E-state index contributed by atoms with van der Waals surface area (Å²) in [6, 6.07) is 22.7. The largest absolute Gasteiger partial charge is 0.573 e. The third kappa shape index (κ3) is 6.41. The van der Waals surface area contributed by atoms with Crippen molar-refractivity contribution in [3.05, 3.63) is 90.2 Å². The zero-order valence-corrected chi connectivity index (χ0v) is 19.7. The van der Waals surface area contributed by atoms with Crippen LogP contribution in [0.1, 0.15) is 44.6 Å². The summed E-state index contributed by atoms with van der Waals surface area (Å²) >= 11 is 0. The second-order valence-corrected chi connectivity index (χ2v) is 8.80. The monoisotopic (exact) mass is 480 g/mol. The predicted octanol–water partition coefficient (Wildman–Crippen LogP) is 9.72. The highest BCUT2D eigenvalue weighted by molar-refractivity contribution is 5.89. The van der Waals surface area contributed by atoms with Gasteiger partial charge in [-0.25, -0.2) is 4.39 Å². The van der Waals surface area contributed by atoms with Gasteiger partial charge in [-0.3, -0.25) is 0 Å². The first kappa shape index (κ1) is 24.8. The molecule has 4 rings (SSSR count). The van der Waals surface area contributed by atoms with Crippen LogP contribution in [0.25, 0.3) is 33.0 Å². The molecule has 0 spiro atoms. The van der Waals surface area contributed by atoms with E-state index < -0.39 is 6.36 Å². The van der Waals surface area contributed by atoms with E-state index >= 15 is 4.39 Å². The summed E-state index contributed by atoms with van der Waals surface area (Å²) in [5.41, 5.74) is 4.05. The zero-order chi connectivity index (χ0) is 24.8. The Morgan fingerprint density at radius 2 is 1.31 bits per heavy atom. The maximum absolute atomic E-state index is 15.4. The van der Waals surface area contributed by atoms with E-state index in [1.165, 1.54) is 43.4 Å². The third-order valence-corrected chi connectivity index (χ3v) is 6.20. The van der Waals surface area contributed by atoms with Gasteiger partial charge in [-0.2, -0.15) is 0 Å². The molecule has 4 aromatic rings. The van der Waals surface area contributed by atoms with Gasteiger partial charge in [-0.05, 0) is 52.6 Å². The normalized spacial score (nSPS) is 11.7. The average Bonchev–Trinajstić information content (AvgIpc) is 2.84. The molecule has 0 radical (unpaired) electrons. The number of hydrogen-bond donors (Lipinski definition) is 0. The number of ether oxygens (including phenoxy) is 1. The molecule has 0 aliphatic carbocycles. The molecule has 182 valence electrons. The Balaban J connectivity index is 1.49. The Labute approximate surface area is 203 Å². The summed E-state index contributed by atoms with van der Waals surface area (Å²) in [6.45, 7) is 2.21. The van der Waals surface area contributed by atoms with Crippen molar-refractivity contribution in [2.75, 3.05) is 0 Å². The molecule has 0 atom stereocenters. The van der Waals surface area contributed by atoms with Crippen LogP contribution in [0.4, 0.5) is 17.6 Å². The van der Waals surface area contributed by atoms with E-state index in [0.29, 0.717) is 10.9 Å². The van der Waals surface area contributed by atoms with Crippen molar-refractivity contribution in [1.82, 2.24) is 0 Å². The van der Waals surface area contributed by atoms with Crippen molar-refractivity contribution in [1.29, 1.82) is 0 Å². The van der Waals surface area contributed by atoms with Crippen molar-refractivity contribution in [3.8, 4) is 28.0 Å². The molecule has 4 aromatic carbocycles. The molecular formula is C30H28F4O. The van der Waals surface area contributed by atoms with E-state index in [1.807, 2.05) is 42.5 Å². The first-order valence-electron chi connectivity index (χ1n) is 12.0. The number of aryl methyl sites for hydroxylation is 1. The van der Waals surface area contributed by atoms with Gasteiger partial charge < -0.3 is 4.74 Å². The van der Waals surface area contributed by atoms with Gasteiger partial charge in [0.25, 0.3) is 0 Å². The lowest BCUT2D eigenvalue weighted by Gasteiger charge is -2.11. The second-order valence-electron chi connectivity index (χ2n) is 8.80. The Morgan fingerprint density at radius 3 is 1.97 bits per heavy atom. The zero-order valence-electron chi connectivity index (χ0n) is 19.7. The maximum atomic E-state index is 15.4. The molecule has 5 heteroatoms. The van der Waals surface area contributed by atoms with Crippen LogP contribution in [0.3, 0.4) is 0 Å². The van der Waals surface area contributed by atoms with Crippen LogP contribution in [0.5, 0.6) is 5.75 Å². The Bertz CT molecular complexity index is 1260. The Kier molecular flexibility index (Phi) is 7.74. The lowest BCUT2D eigenvalue weighted by molar-refractivity contribution is -0.274. The summed E-state index contributed by atoms with van der Waals surface area (Å²) in [5.74, 6) is -0.519. The third-order valence-electron chi connectivity index (χ3n) is 6.20. The van der Waals surface area contributed by atoms with Crippen LogP contribution in [0.15, 0.2) is 78.9 Å². The molecular weight excluding hydrogens is 452 g/mol. The van der Waals surface area contributed by atoms with Gasteiger partial charge in [-0.15, -0.1) is 13.2 Å². The van der Waals surface area contributed by atoms with Crippen LogP contribution in [0, 0.1) is 5.82 Å². The van der Waals surface area contributed by atoms with Crippen LogP contribution in [0.2, 0.25) is 0 Å². The minimum atomic E-state index is -4.72. The molecule has 0 amide bonds. The van der Waals surface area contributed by atoms with Crippen LogP contribution >= 0.6 is 0 Å². The fraction of sp³-hybridized carbons (Fsp3) is 0.267. The summed E-state index contributed by atoms with van der Waals surface area (Å²) in [6.07, 6.45) is 2.43. The highest BCUT2D eigenvalue weighted by Crippen LogP contribution is 2.32. The molecule has 0 fully saturated rings. The van der Waals surface area contributed by atoms with Crippen molar-refractivity contribution in [2.45, 2.75) is 51.8 Å². The van der Waals surface area contributed by atoms with E-state index in [4.69, 9.17) is 0 Å². The highest BCUT2D eigenvalue weighted by Gasteiger charge is 2.30. The number of unbranched alkanes of at least 4 members (excludes halogenated alkanes) is 4. The second kappa shape index (κ2) is 10.9. The Hall–Kier alpha value is -3.34. The average molecular weight is 481 g/mol. The molecule has 0 bridgehead atoms. The van der Waals surface area contributed by atoms with Crippen molar-refractivity contribution in [3.63, 3.8) is 0 Å². The minimum Gasteiger partial charge on any atom is -0.406 e. The lowest BCUT2D eigenvalue weighted by atomic mass is 9.96. The Morgan fingerprint density at radius 1 is 0.686 bits per heavy atom. The summed E-state index contributed by atoms with van der Waals surface area (Å²) in [4.78, 5) is 0. The van der Waals surface area contributed by atoms with Gasteiger partial charge >= 0.3 is 6.36 Å². The number of rotatable bonds is 9. The number of halogens is 4. The van der Waals surface area contributed by atoms with E-state index in [0.717, 1.165) is 34.9 Å². The lowest BCUT2D eigenvalue weighted by Crippen LogP contribution is -2.16. The predicted molar refractivity (Wildman–Crippen MR) is 134 cm³/mol. The number of hydrogen-bond acceptors (Lipinski definition) is 1. The van der Waals surface area contributed by atoms with Gasteiger partial charge in [0.05, 0.1) is 0 Å². The molecule has 1 nitrogen and oxygen atoms in total. The van der Waals surface area contributed by atoms with Gasteiger partial charge in [-0.1, -0.05) is 99.3 Å². The van der Waals surface area contributed by atoms with Crippen LogP contribution in [-0.2, 0) is 6.42 Å². The van der Waals surface area contributed by atoms with Crippen molar-refractivity contribution in [2.24, 2.45) is 0 Å². The van der Waals surface area contributed by atoms with Gasteiger partial charge in [0.2, 0.25) is 0 Å². The van der Waals surface area contributed by atoms with E-state index in [2.05, 4.69) is 17.7 Å². The number of fused-ring (bicyclic) bond motifs is 1. The summed E-state index contributed by atoms with van der Waals surface area (Å²) < 4.78 is 56.4.